The van der Waals surface area contributed by atoms with Gasteiger partial charge in [-0.25, -0.2) is 0 Å². The first-order chi connectivity index (χ1) is 18.3. The van der Waals surface area contributed by atoms with Crippen molar-refractivity contribution >= 4 is 38.8 Å². The van der Waals surface area contributed by atoms with E-state index in [4.69, 9.17) is 4.12 Å². The summed E-state index contributed by atoms with van der Waals surface area (Å²) >= 11 is 0. The molecule has 0 aliphatic rings. The molecule has 39 heavy (non-hydrogen) atoms. The normalized spacial score (nSPS) is 11.8. The van der Waals surface area contributed by atoms with Gasteiger partial charge in [-0.2, -0.15) is 0 Å². The van der Waals surface area contributed by atoms with E-state index in [1.54, 1.807) is 0 Å². The van der Waals surface area contributed by atoms with E-state index in [2.05, 4.69) is 132 Å². The standard InChI is InChI=1S/C36H44OSi2/c1-21-13-25(5)33(26(6)14-21)38-37-39(34-27(7)15-22(2)16-28(34)8,35-29(9)17-23(3)18-30(35)10)36-31(11)19-24(4)20-32(36)12/h13-20H,1-12H3. The van der Waals surface area contributed by atoms with Crippen molar-refractivity contribution in [1.82, 2.24) is 0 Å². The molecule has 0 aliphatic carbocycles. The highest BCUT2D eigenvalue weighted by Gasteiger charge is 2.48. The number of rotatable bonds is 6. The van der Waals surface area contributed by atoms with Crippen molar-refractivity contribution in [3.63, 3.8) is 0 Å². The maximum Gasteiger partial charge on any atom is 0.279 e. The third kappa shape index (κ3) is 5.37. The molecule has 0 fully saturated rings. The molecule has 0 N–H and O–H groups in total. The third-order valence-electron chi connectivity index (χ3n) is 8.07. The topological polar surface area (TPSA) is 9.23 Å². The highest BCUT2D eigenvalue weighted by atomic mass is 28.4. The second kappa shape index (κ2) is 11.0. The molecule has 202 valence electrons. The van der Waals surface area contributed by atoms with Crippen LogP contribution < -0.4 is 20.7 Å². The quantitative estimate of drug-likeness (QED) is 0.203. The van der Waals surface area contributed by atoms with Crippen LogP contribution in [0.3, 0.4) is 0 Å². The lowest BCUT2D eigenvalue weighted by Crippen LogP contribution is -2.74. The summed E-state index contributed by atoms with van der Waals surface area (Å²) in [7, 11) is -2.73. The number of hydrogen-bond acceptors (Lipinski definition) is 1. The molecule has 0 bridgehead atoms. The molecule has 4 rings (SSSR count). The van der Waals surface area contributed by atoms with Crippen molar-refractivity contribution in [2.24, 2.45) is 0 Å². The smallest absolute Gasteiger partial charge is 0.279 e. The van der Waals surface area contributed by atoms with Gasteiger partial charge in [-0.15, -0.1) is 0 Å². The van der Waals surface area contributed by atoms with E-state index in [1.807, 2.05) is 0 Å². The van der Waals surface area contributed by atoms with Gasteiger partial charge < -0.3 is 4.12 Å². The first-order valence-electron chi connectivity index (χ1n) is 14.0. The van der Waals surface area contributed by atoms with Gasteiger partial charge in [-0.05, 0) is 148 Å². The molecule has 3 heteroatoms. The van der Waals surface area contributed by atoms with Crippen LogP contribution in [-0.4, -0.2) is 18.1 Å². The highest BCUT2D eigenvalue weighted by Crippen LogP contribution is 2.23. The summed E-state index contributed by atoms with van der Waals surface area (Å²) in [4.78, 5) is 0. The zero-order valence-corrected chi connectivity index (χ0v) is 28.0. The zero-order chi connectivity index (χ0) is 28.8. The molecule has 2 radical (unpaired) electrons. The maximum absolute atomic E-state index is 7.75. The predicted octanol–water partition coefficient (Wildman–Crippen LogP) is 6.32. The van der Waals surface area contributed by atoms with Crippen LogP contribution in [0.2, 0.25) is 0 Å². The molecule has 4 aromatic carbocycles. The Bertz CT molecular complexity index is 1350. The lowest BCUT2D eigenvalue weighted by molar-refractivity contribution is 0.628. The molecular weight excluding hydrogens is 505 g/mol. The Hall–Kier alpha value is -2.73. The van der Waals surface area contributed by atoms with Crippen molar-refractivity contribution in [1.29, 1.82) is 0 Å². The Morgan fingerprint density at radius 2 is 0.615 bits per heavy atom. The first-order valence-corrected chi connectivity index (χ1v) is 16.8. The van der Waals surface area contributed by atoms with Crippen molar-refractivity contribution in [2.45, 2.75) is 83.1 Å². The van der Waals surface area contributed by atoms with Gasteiger partial charge in [-0.3, -0.25) is 0 Å². The molecular formula is C36H44OSi2. The Labute approximate surface area is 240 Å². The van der Waals surface area contributed by atoms with E-state index >= 15 is 0 Å². The van der Waals surface area contributed by atoms with Crippen LogP contribution in [0.5, 0.6) is 0 Å². The molecule has 4 aromatic rings. The van der Waals surface area contributed by atoms with E-state index < -0.39 is 8.32 Å². The lowest BCUT2D eigenvalue weighted by Gasteiger charge is -2.40. The van der Waals surface area contributed by atoms with Gasteiger partial charge in [0.15, 0.2) is 0 Å². The molecule has 0 aliphatic heterocycles. The minimum absolute atomic E-state index is 0.258. The largest absolute Gasteiger partial charge is 0.442 e. The minimum atomic E-state index is -2.99. The van der Waals surface area contributed by atoms with Crippen molar-refractivity contribution in [2.75, 3.05) is 0 Å². The number of benzene rings is 4. The van der Waals surface area contributed by atoms with E-state index in [1.165, 1.54) is 87.5 Å². The van der Waals surface area contributed by atoms with Gasteiger partial charge in [0, 0.05) is 0 Å². The maximum atomic E-state index is 7.75. The Balaban J connectivity index is 2.20. The summed E-state index contributed by atoms with van der Waals surface area (Å²) in [6, 6.07) is 18.7. The monoisotopic (exact) mass is 548 g/mol. The molecule has 0 saturated carbocycles. The van der Waals surface area contributed by atoms with Gasteiger partial charge in [0.05, 0.1) is 0 Å². The summed E-state index contributed by atoms with van der Waals surface area (Å²) in [5, 5.41) is 5.57. The summed E-state index contributed by atoms with van der Waals surface area (Å²) in [6.07, 6.45) is 0. The fourth-order valence-electron chi connectivity index (χ4n) is 7.20. The Morgan fingerprint density at radius 1 is 0.385 bits per heavy atom. The average Bonchev–Trinajstić information content (AvgIpc) is 2.76. The molecule has 0 amide bonds. The Morgan fingerprint density at radius 3 is 0.872 bits per heavy atom. The van der Waals surface area contributed by atoms with E-state index in [9.17, 15) is 0 Å². The minimum Gasteiger partial charge on any atom is -0.442 e. The van der Waals surface area contributed by atoms with Crippen LogP contribution in [-0.2, 0) is 4.12 Å². The van der Waals surface area contributed by atoms with Gasteiger partial charge >= 0.3 is 0 Å². The van der Waals surface area contributed by atoms with Crippen LogP contribution in [0.4, 0.5) is 0 Å². The third-order valence-corrected chi connectivity index (χ3v) is 15.2. The van der Waals surface area contributed by atoms with Crippen LogP contribution in [0, 0.1) is 83.1 Å². The van der Waals surface area contributed by atoms with Crippen LogP contribution in [0.25, 0.3) is 0 Å². The number of aryl methyl sites for hydroxylation is 12. The molecule has 0 atom stereocenters. The summed E-state index contributed by atoms with van der Waals surface area (Å²) in [5.41, 5.74) is 15.9. The van der Waals surface area contributed by atoms with Crippen LogP contribution >= 0.6 is 0 Å². The van der Waals surface area contributed by atoms with Crippen LogP contribution in [0.1, 0.15) is 66.8 Å². The SMILES string of the molecule is Cc1cc(C)c([Si]O[Si](c2c(C)cc(C)cc2C)(c2c(C)cc(C)cc2C)c2c(C)cc(C)cc2C)c(C)c1. The number of hydrogen-bond donors (Lipinski definition) is 0. The van der Waals surface area contributed by atoms with Crippen molar-refractivity contribution in [3.8, 4) is 0 Å². The molecule has 0 heterocycles. The van der Waals surface area contributed by atoms with Gasteiger partial charge in [0.2, 0.25) is 0 Å². The molecule has 1 nitrogen and oxygen atoms in total. The van der Waals surface area contributed by atoms with Crippen molar-refractivity contribution in [3.05, 3.63) is 115 Å². The van der Waals surface area contributed by atoms with Crippen molar-refractivity contribution < 1.29 is 4.12 Å². The lowest BCUT2D eigenvalue weighted by atomic mass is 10.1. The van der Waals surface area contributed by atoms with Crippen LogP contribution in [0.15, 0.2) is 48.5 Å². The zero-order valence-electron chi connectivity index (χ0n) is 26.0. The summed E-state index contributed by atoms with van der Waals surface area (Å²) < 4.78 is 7.75. The first kappa shape index (κ1) is 29.3. The van der Waals surface area contributed by atoms with Gasteiger partial charge in [0.1, 0.15) is 0 Å². The van der Waals surface area contributed by atoms with E-state index in [-0.39, 0.29) is 9.76 Å². The molecule has 0 spiro atoms. The second-order valence-electron chi connectivity index (χ2n) is 12.0. The predicted molar refractivity (Wildman–Crippen MR) is 174 cm³/mol. The van der Waals surface area contributed by atoms with Gasteiger partial charge in [-0.1, -0.05) is 70.8 Å². The van der Waals surface area contributed by atoms with E-state index in [0.29, 0.717) is 0 Å². The summed E-state index contributed by atoms with van der Waals surface area (Å²) in [5.74, 6) is 0. The highest BCUT2D eigenvalue weighted by molar-refractivity contribution is 7.10. The Kier molecular flexibility index (Phi) is 8.28. The average molecular weight is 549 g/mol. The van der Waals surface area contributed by atoms with E-state index in [0.717, 1.165) is 0 Å². The second-order valence-corrected chi connectivity index (χ2v) is 16.4. The fourth-order valence-corrected chi connectivity index (χ4v) is 14.4. The fraction of sp³-hybridized carbons (Fsp3) is 0.333. The van der Waals surface area contributed by atoms with Gasteiger partial charge in [0.25, 0.3) is 18.1 Å². The summed E-state index contributed by atoms with van der Waals surface area (Å²) in [6.45, 7) is 27.1. The molecule has 0 unspecified atom stereocenters. The molecule has 0 aromatic heterocycles. The molecule has 0 saturated heterocycles.